The Morgan fingerprint density at radius 1 is 1.63 bits per heavy atom. The fourth-order valence-electron chi connectivity index (χ4n) is 2.46. The molecule has 1 aromatic rings. The number of aliphatic hydroxyl groups is 1. The Hall–Kier alpha value is -0.980. The molecular weight excluding hydrogens is 262 g/mol. The van der Waals surface area contributed by atoms with Crippen LogP contribution < -0.4 is 5.73 Å². The van der Waals surface area contributed by atoms with Crippen LogP contribution in [0.4, 0.5) is 0 Å². The molecule has 0 spiro atoms. The first kappa shape index (κ1) is 14.4. The maximum Gasteiger partial charge on any atom is 0.225 e. The monoisotopic (exact) mass is 283 g/mol. The highest BCUT2D eigenvalue weighted by Gasteiger charge is 2.32. The van der Waals surface area contributed by atoms with E-state index >= 15 is 0 Å². The largest absolute Gasteiger partial charge is 0.391 e. The maximum atomic E-state index is 12.3. The number of aryl methyl sites for hydroxylation is 1. The molecule has 0 saturated heterocycles. The average Bonchev–Trinajstić information content (AvgIpc) is 2.77. The number of carbonyl (C=O) groups is 1. The molecule has 1 heterocycles. The minimum atomic E-state index is -0.557. The van der Waals surface area contributed by atoms with Crippen molar-refractivity contribution < 1.29 is 9.90 Å². The SMILES string of the molecule is Cc1csc(CN(C)C(=O)[C@H]2CC[C@@H](N)[C@H](O)C2)n1. The molecule has 5 nitrogen and oxygen atoms in total. The van der Waals surface area contributed by atoms with Crippen LogP contribution >= 0.6 is 11.3 Å². The van der Waals surface area contributed by atoms with E-state index in [2.05, 4.69) is 4.98 Å². The van der Waals surface area contributed by atoms with Gasteiger partial charge in [-0.2, -0.15) is 0 Å². The predicted molar refractivity (Wildman–Crippen MR) is 74.6 cm³/mol. The Morgan fingerprint density at radius 3 is 2.95 bits per heavy atom. The van der Waals surface area contributed by atoms with Gasteiger partial charge in [0.2, 0.25) is 5.91 Å². The number of carbonyl (C=O) groups excluding carboxylic acids is 1. The third kappa shape index (κ3) is 3.52. The van der Waals surface area contributed by atoms with Crippen molar-refractivity contribution in [2.45, 2.75) is 44.9 Å². The van der Waals surface area contributed by atoms with Crippen LogP contribution in [0.5, 0.6) is 0 Å². The van der Waals surface area contributed by atoms with Gasteiger partial charge in [-0.15, -0.1) is 11.3 Å². The van der Waals surface area contributed by atoms with Crippen LogP contribution in [0.2, 0.25) is 0 Å². The molecule has 0 aliphatic heterocycles. The van der Waals surface area contributed by atoms with E-state index in [9.17, 15) is 9.90 Å². The molecule has 3 atom stereocenters. The highest BCUT2D eigenvalue weighted by Crippen LogP contribution is 2.25. The van der Waals surface area contributed by atoms with E-state index in [1.165, 1.54) is 0 Å². The summed E-state index contributed by atoms with van der Waals surface area (Å²) in [7, 11) is 1.79. The van der Waals surface area contributed by atoms with E-state index in [4.69, 9.17) is 5.73 Å². The van der Waals surface area contributed by atoms with E-state index < -0.39 is 6.10 Å². The number of thiazole rings is 1. The van der Waals surface area contributed by atoms with Gasteiger partial charge < -0.3 is 15.7 Å². The Bertz CT molecular complexity index is 449. The molecule has 1 amide bonds. The molecule has 0 unspecified atom stereocenters. The van der Waals surface area contributed by atoms with Crippen molar-refractivity contribution >= 4 is 17.2 Å². The minimum absolute atomic E-state index is 0.0822. The first-order valence-corrected chi connectivity index (χ1v) is 7.45. The van der Waals surface area contributed by atoms with Gasteiger partial charge in [0.1, 0.15) is 5.01 Å². The first-order chi connectivity index (χ1) is 8.97. The molecule has 106 valence electrons. The lowest BCUT2D eigenvalue weighted by molar-refractivity contribution is -0.137. The standard InChI is InChI=1S/C13H21N3O2S/c1-8-7-19-12(15-8)6-16(2)13(18)9-3-4-10(14)11(17)5-9/h7,9-11,17H,3-6,14H2,1-2H3/t9-,10+,11+/m0/s1. The molecule has 1 aromatic heterocycles. The summed E-state index contributed by atoms with van der Waals surface area (Å²) < 4.78 is 0. The van der Waals surface area contributed by atoms with Crippen LogP contribution in [-0.4, -0.2) is 40.1 Å². The molecule has 2 rings (SSSR count). The fourth-order valence-corrected chi connectivity index (χ4v) is 3.29. The summed E-state index contributed by atoms with van der Waals surface area (Å²) in [6.07, 6.45) is 1.39. The van der Waals surface area contributed by atoms with E-state index in [1.807, 2.05) is 12.3 Å². The van der Waals surface area contributed by atoms with Gasteiger partial charge in [0.25, 0.3) is 0 Å². The van der Waals surface area contributed by atoms with Crippen molar-refractivity contribution in [3.05, 3.63) is 16.1 Å². The zero-order valence-electron chi connectivity index (χ0n) is 11.4. The molecule has 1 aliphatic carbocycles. The van der Waals surface area contributed by atoms with Gasteiger partial charge in [0.05, 0.1) is 12.6 Å². The van der Waals surface area contributed by atoms with Crippen molar-refractivity contribution in [1.29, 1.82) is 0 Å². The lowest BCUT2D eigenvalue weighted by Crippen LogP contribution is -2.44. The summed E-state index contributed by atoms with van der Waals surface area (Å²) in [4.78, 5) is 18.4. The number of aromatic nitrogens is 1. The Kier molecular flexibility index (Phi) is 4.54. The topological polar surface area (TPSA) is 79.5 Å². The highest BCUT2D eigenvalue weighted by atomic mass is 32.1. The Morgan fingerprint density at radius 2 is 2.37 bits per heavy atom. The second-order valence-electron chi connectivity index (χ2n) is 5.32. The zero-order valence-corrected chi connectivity index (χ0v) is 12.2. The van der Waals surface area contributed by atoms with Gasteiger partial charge in [0, 0.05) is 30.1 Å². The van der Waals surface area contributed by atoms with E-state index in [0.717, 1.165) is 17.1 Å². The second kappa shape index (κ2) is 5.98. The summed E-state index contributed by atoms with van der Waals surface area (Å²) >= 11 is 1.57. The van der Waals surface area contributed by atoms with Crippen LogP contribution in [0, 0.1) is 12.8 Å². The van der Waals surface area contributed by atoms with E-state index in [-0.39, 0.29) is 17.9 Å². The van der Waals surface area contributed by atoms with Crippen molar-refractivity contribution in [3.63, 3.8) is 0 Å². The lowest BCUT2D eigenvalue weighted by atomic mass is 9.83. The molecule has 1 fully saturated rings. The summed E-state index contributed by atoms with van der Waals surface area (Å²) in [6, 6.07) is -0.184. The number of aliphatic hydroxyl groups excluding tert-OH is 1. The number of nitrogens with zero attached hydrogens (tertiary/aromatic N) is 2. The van der Waals surface area contributed by atoms with Gasteiger partial charge >= 0.3 is 0 Å². The summed E-state index contributed by atoms with van der Waals surface area (Å²) in [5, 5.41) is 12.7. The van der Waals surface area contributed by atoms with E-state index in [1.54, 1.807) is 23.3 Å². The Labute approximate surface area is 117 Å². The summed E-state index contributed by atoms with van der Waals surface area (Å²) in [5.74, 6) is -0.0281. The van der Waals surface area contributed by atoms with Gasteiger partial charge in [-0.25, -0.2) is 4.98 Å². The zero-order chi connectivity index (χ0) is 14.0. The second-order valence-corrected chi connectivity index (χ2v) is 6.26. The summed E-state index contributed by atoms with van der Waals surface area (Å²) in [5.41, 5.74) is 6.75. The predicted octanol–water partition coefficient (Wildman–Crippen LogP) is 0.898. The molecule has 0 radical (unpaired) electrons. The van der Waals surface area contributed by atoms with Crippen LogP contribution in [0.15, 0.2) is 5.38 Å². The molecule has 0 bridgehead atoms. The maximum absolute atomic E-state index is 12.3. The van der Waals surface area contributed by atoms with Crippen LogP contribution in [-0.2, 0) is 11.3 Å². The van der Waals surface area contributed by atoms with Crippen LogP contribution in [0.3, 0.4) is 0 Å². The van der Waals surface area contributed by atoms with Crippen LogP contribution in [0.25, 0.3) is 0 Å². The van der Waals surface area contributed by atoms with Gasteiger partial charge in [0.15, 0.2) is 0 Å². The van der Waals surface area contributed by atoms with Gasteiger partial charge in [-0.05, 0) is 26.2 Å². The number of hydrogen-bond acceptors (Lipinski definition) is 5. The Balaban J connectivity index is 1.92. The van der Waals surface area contributed by atoms with Gasteiger partial charge in [-0.3, -0.25) is 4.79 Å². The molecule has 1 saturated carbocycles. The lowest BCUT2D eigenvalue weighted by Gasteiger charge is -2.32. The minimum Gasteiger partial charge on any atom is -0.391 e. The van der Waals surface area contributed by atoms with Crippen molar-refractivity contribution in [3.8, 4) is 0 Å². The summed E-state index contributed by atoms with van der Waals surface area (Å²) in [6.45, 7) is 2.48. The number of rotatable bonds is 3. The van der Waals surface area contributed by atoms with Crippen molar-refractivity contribution in [1.82, 2.24) is 9.88 Å². The molecule has 6 heteroatoms. The van der Waals surface area contributed by atoms with Crippen molar-refractivity contribution in [2.24, 2.45) is 11.7 Å². The number of hydrogen-bond donors (Lipinski definition) is 2. The molecular formula is C13H21N3O2S. The molecule has 3 N–H and O–H groups in total. The first-order valence-electron chi connectivity index (χ1n) is 6.57. The van der Waals surface area contributed by atoms with Crippen molar-refractivity contribution in [2.75, 3.05) is 7.05 Å². The van der Waals surface area contributed by atoms with E-state index in [0.29, 0.717) is 19.4 Å². The molecule has 1 aliphatic rings. The smallest absolute Gasteiger partial charge is 0.225 e. The number of nitrogens with two attached hydrogens (primary N) is 1. The quantitative estimate of drug-likeness (QED) is 0.863. The third-order valence-electron chi connectivity index (χ3n) is 3.63. The molecule has 19 heavy (non-hydrogen) atoms. The average molecular weight is 283 g/mol. The fraction of sp³-hybridized carbons (Fsp3) is 0.692. The number of amides is 1. The van der Waals surface area contributed by atoms with Gasteiger partial charge in [-0.1, -0.05) is 0 Å². The highest BCUT2D eigenvalue weighted by molar-refractivity contribution is 7.09. The molecule has 0 aromatic carbocycles. The van der Waals surface area contributed by atoms with Crippen LogP contribution in [0.1, 0.15) is 30.0 Å². The normalized spacial score (nSPS) is 27.3. The third-order valence-corrected chi connectivity index (χ3v) is 4.58.